The van der Waals surface area contributed by atoms with Gasteiger partial charge in [-0.25, -0.2) is 24.3 Å². The van der Waals surface area contributed by atoms with Gasteiger partial charge in [0.15, 0.2) is 0 Å². The van der Waals surface area contributed by atoms with E-state index in [0.29, 0.717) is 11.8 Å². The number of halogens is 2. The van der Waals surface area contributed by atoms with E-state index in [2.05, 4.69) is 89.3 Å². The van der Waals surface area contributed by atoms with Gasteiger partial charge < -0.3 is 24.8 Å². The molecule has 4 heteroatoms. The van der Waals surface area contributed by atoms with Crippen molar-refractivity contribution in [1.29, 1.82) is 0 Å². The first kappa shape index (κ1) is 30.3. The standard InChI is InChI=1S/2C8H11.C2H7Si.2ClH.Zr/c2*1-7(2)8-5-3-4-6-8;1-3-2;;;/h2*3-7H,1-2H3;3H,1-2H3;2*1H;/q2*-1;;;;+4/p-2. The van der Waals surface area contributed by atoms with Crippen molar-refractivity contribution in [2.45, 2.75) is 52.6 Å². The molecular weight excluding hydrogens is 406 g/mol. The van der Waals surface area contributed by atoms with Crippen LogP contribution in [-0.4, -0.2) is 9.52 Å². The Morgan fingerprint density at radius 3 is 0.909 bits per heavy atom. The van der Waals surface area contributed by atoms with E-state index in [0.717, 1.165) is 9.52 Å². The van der Waals surface area contributed by atoms with Gasteiger partial charge in [-0.2, -0.15) is 35.4 Å². The van der Waals surface area contributed by atoms with Gasteiger partial charge in [0.1, 0.15) is 0 Å². The van der Waals surface area contributed by atoms with Crippen molar-refractivity contribution in [1.82, 2.24) is 0 Å². The van der Waals surface area contributed by atoms with Crippen molar-refractivity contribution in [3.05, 3.63) is 59.7 Å². The zero-order valence-corrected chi connectivity index (χ0v) is 19.7. The van der Waals surface area contributed by atoms with E-state index < -0.39 is 0 Å². The Bertz CT molecular complexity index is 343. The summed E-state index contributed by atoms with van der Waals surface area (Å²) in [6.45, 7) is 13.2. The van der Waals surface area contributed by atoms with Crippen molar-refractivity contribution in [2.75, 3.05) is 0 Å². The molecular formula is C18H29Cl2SiZr. The van der Waals surface area contributed by atoms with Crippen molar-refractivity contribution in [3.63, 3.8) is 0 Å². The minimum Gasteiger partial charge on any atom is -1.00 e. The van der Waals surface area contributed by atoms with Crippen LogP contribution in [0.25, 0.3) is 0 Å². The van der Waals surface area contributed by atoms with Gasteiger partial charge in [-0.1, -0.05) is 52.6 Å². The second-order valence-electron chi connectivity index (χ2n) is 5.32. The summed E-state index contributed by atoms with van der Waals surface area (Å²) in [6, 6.07) is 16.9. The third-order valence-corrected chi connectivity index (χ3v) is 2.71. The third-order valence-electron chi connectivity index (χ3n) is 2.71. The van der Waals surface area contributed by atoms with Crippen molar-refractivity contribution in [3.8, 4) is 0 Å². The molecule has 0 aliphatic carbocycles. The minimum atomic E-state index is 0. The predicted octanol–water partition coefficient (Wildman–Crippen LogP) is -0.418. The molecule has 0 heterocycles. The monoisotopic (exact) mass is 433 g/mol. The first-order valence-corrected chi connectivity index (χ1v) is 9.51. The van der Waals surface area contributed by atoms with Crippen molar-refractivity contribution < 1.29 is 51.0 Å². The summed E-state index contributed by atoms with van der Waals surface area (Å²) in [5.41, 5.74) is 2.87. The topological polar surface area (TPSA) is 0 Å². The zero-order chi connectivity index (χ0) is 14.7. The summed E-state index contributed by atoms with van der Waals surface area (Å²) < 4.78 is 0. The van der Waals surface area contributed by atoms with Crippen LogP contribution in [0.4, 0.5) is 0 Å². The Kier molecular flexibility index (Phi) is 26.7. The normalized spacial score (nSPS) is 8.36. The summed E-state index contributed by atoms with van der Waals surface area (Å²) >= 11 is 0. The predicted molar refractivity (Wildman–Crippen MR) is 91.1 cm³/mol. The molecule has 0 atom stereocenters. The van der Waals surface area contributed by atoms with Crippen molar-refractivity contribution in [2.24, 2.45) is 0 Å². The minimum absolute atomic E-state index is 0. The summed E-state index contributed by atoms with van der Waals surface area (Å²) in [5.74, 6) is 1.37. The molecule has 2 aromatic rings. The Hall–Kier alpha value is 0.380. The van der Waals surface area contributed by atoms with Crippen LogP contribution in [0, 0.1) is 0 Å². The average molecular weight is 436 g/mol. The molecule has 0 unspecified atom stereocenters. The summed E-state index contributed by atoms with van der Waals surface area (Å²) in [7, 11) is 0.750. The Morgan fingerprint density at radius 1 is 0.636 bits per heavy atom. The summed E-state index contributed by atoms with van der Waals surface area (Å²) in [6.07, 6.45) is 0. The summed E-state index contributed by atoms with van der Waals surface area (Å²) in [5, 5.41) is 0. The molecule has 0 bridgehead atoms. The van der Waals surface area contributed by atoms with E-state index in [1.807, 2.05) is 0 Å². The largest absolute Gasteiger partial charge is 4.00 e. The van der Waals surface area contributed by atoms with Crippen LogP contribution in [0.5, 0.6) is 0 Å². The molecule has 0 aromatic heterocycles. The molecule has 0 aliphatic heterocycles. The van der Waals surface area contributed by atoms with Gasteiger partial charge in [-0.15, -0.1) is 0 Å². The van der Waals surface area contributed by atoms with Gasteiger partial charge in [0.05, 0.1) is 0 Å². The van der Waals surface area contributed by atoms with Crippen LogP contribution in [0.15, 0.2) is 48.5 Å². The number of rotatable bonds is 2. The SMILES string of the molecule is CC(C)[c-]1cccc1.CC(C)[c-]1cccc1.C[SiH]C.[Cl-].[Cl-].[Zr+4]. The Balaban J connectivity index is -0.000000112. The van der Waals surface area contributed by atoms with E-state index in [1.54, 1.807) is 0 Å². The van der Waals surface area contributed by atoms with Crippen LogP contribution >= 0.6 is 0 Å². The van der Waals surface area contributed by atoms with E-state index in [-0.39, 0.29) is 51.0 Å². The van der Waals surface area contributed by atoms with Crippen LogP contribution in [0.2, 0.25) is 13.1 Å². The molecule has 0 saturated carbocycles. The van der Waals surface area contributed by atoms with Crippen LogP contribution in [0.3, 0.4) is 0 Å². The smallest absolute Gasteiger partial charge is 1.00 e. The van der Waals surface area contributed by atoms with Gasteiger partial charge in [-0.3, -0.25) is 0 Å². The van der Waals surface area contributed by atoms with Crippen LogP contribution in [0.1, 0.15) is 50.7 Å². The summed E-state index contributed by atoms with van der Waals surface area (Å²) in [4.78, 5) is 0. The third kappa shape index (κ3) is 15.3. The second kappa shape index (κ2) is 19.4. The molecule has 123 valence electrons. The molecule has 0 saturated heterocycles. The zero-order valence-electron chi connectivity index (χ0n) is 14.6. The van der Waals surface area contributed by atoms with Crippen molar-refractivity contribution >= 4 is 9.52 Å². The second-order valence-corrected chi connectivity index (χ2v) is 6.48. The molecule has 2 rings (SSSR count). The number of hydrogen-bond donors (Lipinski definition) is 0. The van der Waals surface area contributed by atoms with E-state index >= 15 is 0 Å². The first-order chi connectivity index (χ1) is 9.02. The maximum Gasteiger partial charge on any atom is 4.00 e. The average Bonchev–Trinajstić information content (AvgIpc) is 3.05. The van der Waals surface area contributed by atoms with Gasteiger partial charge in [-0.05, 0) is 0 Å². The quantitative estimate of drug-likeness (QED) is 0.444. The van der Waals surface area contributed by atoms with Gasteiger partial charge in [0.2, 0.25) is 0 Å². The van der Waals surface area contributed by atoms with Gasteiger partial charge in [0.25, 0.3) is 0 Å². The fraction of sp³-hybridized carbons (Fsp3) is 0.444. The maximum atomic E-state index is 2.21. The fourth-order valence-corrected chi connectivity index (χ4v) is 1.55. The molecule has 0 fully saturated rings. The molecule has 0 spiro atoms. The van der Waals surface area contributed by atoms with E-state index in [4.69, 9.17) is 0 Å². The molecule has 0 amide bonds. The molecule has 0 N–H and O–H groups in total. The fourth-order valence-electron chi connectivity index (χ4n) is 1.55. The molecule has 0 nitrogen and oxygen atoms in total. The van der Waals surface area contributed by atoms with Crippen LogP contribution in [-0.2, 0) is 26.2 Å². The van der Waals surface area contributed by atoms with E-state index in [1.165, 1.54) is 11.1 Å². The molecule has 22 heavy (non-hydrogen) atoms. The molecule has 1 radical (unpaired) electrons. The van der Waals surface area contributed by atoms with Crippen LogP contribution < -0.4 is 24.8 Å². The number of hydrogen-bond acceptors (Lipinski definition) is 0. The van der Waals surface area contributed by atoms with Gasteiger partial charge in [0, 0.05) is 9.52 Å². The van der Waals surface area contributed by atoms with Gasteiger partial charge >= 0.3 is 26.2 Å². The van der Waals surface area contributed by atoms with E-state index in [9.17, 15) is 0 Å². The Labute approximate surface area is 172 Å². The first-order valence-electron chi connectivity index (χ1n) is 7.20. The Morgan fingerprint density at radius 2 is 0.818 bits per heavy atom. The maximum absolute atomic E-state index is 2.21. The molecule has 2 aromatic carbocycles. The molecule has 0 aliphatic rings.